The van der Waals surface area contributed by atoms with Crippen molar-refractivity contribution in [2.75, 3.05) is 39.3 Å². The monoisotopic (exact) mass is 295 g/mol. The highest BCUT2D eigenvalue weighted by molar-refractivity contribution is 4.76. The van der Waals surface area contributed by atoms with Crippen LogP contribution in [0.15, 0.2) is 0 Å². The summed E-state index contributed by atoms with van der Waals surface area (Å²) in [5, 5.41) is 0. The van der Waals surface area contributed by atoms with Crippen molar-refractivity contribution in [2.45, 2.75) is 51.2 Å². The van der Waals surface area contributed by atoms with E-state index in [0.29, 0.717) is 19.1 Å². The Bertz CT molecular complexity index is 259. The molecule has 1 fully saturated rings. The second-order valence-electron chi connectivity index (χ2n) is 5.59. The molecule has 0 amide bonds. The fourth-order valence-corrected chi connectivity index (χ4v) is 2.92. The van der Waals surface area contributed by atoms with Gasteiger partial charge < -0.3 is 10.6 Å². The fourth-order valence-electron chi connectivity index (χ4n) is 2.92. The Labute approximate surface area is 120 Å². The number of halogens is 3. The molecular weight excluding hydrogens is 267 g/mol. The summed E-state index contributed by atoms with van der Waals surface area (Å²) in [5.74, 6) is 0. The molecule has 1 unspecified atom stereocenters. The molecule has 0 aliphatic carbocycles. The molecule has 2 N–H and O–H groups in total. The van der Waals surface area contributed by atoms with Crippen LogP contribution in [0.2, 0.25) is 0 Å². The van der Waals surface area contributed by atoms with Crippen molar-refractivity contribution in [3.63, 3.8) is 0 Å². The normalized spacial score (nSPS) is 20.9. The maximum absolute atomic E-state index is 12.1. The minimum absolute atomic E-state index is 0.212. The molecular formula is C14H28F3N3. The van der Waals surface area contributed by atoms with E-state index in [1.54, 1.807) is 0 Å². The van der Waals surface area contributed by atoms with Gasteiger partial charge in [0.05, 0.1) is 0 Å². The lowest BCUT2D eigenvalue weighted by Crippen LogP contribution is -2.39. The summed E-state index contributed by atoms with van der Waals surface area (Å²) in [4.78, 5) is 4.62. The average Bonchev–Trinajstić information content (AvgIpc) is 2.60. The third-order valence-electron chi connectivity index (χ3n) is 4.05. The summed E-state index contributed by atoms with van der Waals surface area (Å²) in [6, 6.07) is 0.523. The molecule has 0 spiro atoms. The number of rotatable bonds is 7. The van der Waals surface area contributed by atoms with E-state index < -0.39 is 12.6 Å². The summed E-state index contributed by atoms with van der Waals surface area (Å²) in [7, 11) is 0. The van der Waals surface area contributed by atoms with E-state index in [4.69, 9.17) is 5.73 Å². The minimum Gasteiger partial charge on any atom is -0.330 e. The van der Waals surface area contributed by atoms with Crippen LogP contribution in [0.1, 0.15) is 39.0 Å². The third kappa shape index (κ3) is 6.90. The number of hydrogen-bond acceptors (Lipinski definition) is 3. The lowest BCUT2D eigenvalue weighted by molar-refractivity contribution is -0.136. The molecule has 1 aliphatic heterocycles. The largest absolute Gasteiger partial charge is 0.389 e. The molecule has 1 rings (SSSR count). The van der Waals surface area contributed by atoms with Crippen LogP contribution in [0.25, 0.3) is 0 Å². The van der Waals surface area contributed by atoms with Gasteiger partial charge in [0.2, 0.25) is 0 Å². The molecule has 0 aromatic rings. The van der Waals surface area contributed by atoms with Gasteiger partial charge in [0.15, 0.2) is 0 Å². The van der Waals surface area contributed by atoms with E-state index in [0.717, 1.165) is 45.4 Å². The van der Waals surface area contributed by atoms with Gasteiger partial charge in [0.25, 0.3) is 0 Å². The topological polar surface area (TPSA) is 32.5 Å². The van der Waals surface area contributed by atoms with E-state index in [-0.39, 0.29) is 6.42 Å². The van der Waals surface area contributed by atoms with Crippen LogP contribution < -0.4 is 5.73 Å². The molecule has 1 saturated heterocycles. The van der Waals surface area contributed by atoms with E-state index in [9.17, 15) is 13.2 Å². The van der Waals surface area contributed by atoms with E-state index >= 15 is 0 Å². The second-order valence-corrected chi connectivity index (χ2v) is 5.59. The molecule has 120 valence electrons. The van der Waals surface area contributed by atoms with Crippen molar-refractivity contribution < 1.29 is 13.2 Å². The maximum Gasteiger partial charge on any atom is 0.389 e. The molecule has 3 nitrogen and oxygen atoms in total. The van der Waals surface area contributed by atoms with Crippen molar-refractivity contribution in [1.82, 2.24) is 9.80 Å². The van der Waals surface area contributed by atoms with Gasteiger partial charge in [0.1, 0.15) is 0 Å². The number of alkyl halides is 3. The smallest absolute Gasteiger partial charge is 0.330 e. The standard InChI is InChI=1S/C14H28F3N3/c1-2-13(5-7-18)20-10-4-9-19(11-12-20)8-3-6-14(15,16)17/h13H,2-12,18H2,1H3. The van der Waals surface area contributed by atoms with Gasteiger partial charge in [-0.2, -0.15) is 13.2 Å². The summed E-state index contributed by atoms with van der Waals surface area (Å²) in [6.45, 7) is 7.20. The average molecular weight is 295 g/mol. The van der Waals surface area contributed by atoms with Crippen LogP contribution in [0.3, 0.4) is 0 Å². The predicted octanol–water partition coefficient (Wildman–Crippen LogP) is 2.46. The van der Waals surface area contributed by atoms with E-state index in [2.05, 4.69) is 16.7 Å². The van der Waals surface area contributed by atoms with Gasteiger partial charge >= 0.3 is 6.18 Å². The van der Waals surface area contributed by atoms with Crippen LogP contribution >= 0.6 is 0 Å². The first kappa shape index (κ1) is 17.7. The molecule has 0 bridgehead atoms. The zero-order valence-corrected chi connectivity index (χ0v) is 12.5. The number of nitrogens with two attached hydrogens (primary N) is 1. The minimum atomic E-state index is -4.02. The third-order valence-corrected chi connectivity index (χ3v) is 4.05. The molecule has 1 atom stereocenters. The summed E-state index contributed by atoms with van der Waals surface area (Å²) < 4.78 is 36.4. The van der Waals surface area contributed by atoms with E-state index in [1.807, 2.05) is 0 Å². The highest BCUT2D eigenvalue weighted by Gasteiger charge is 2.27. The van der Waals surface area contributed by atoms with Gasteiger partial charge in [-0.25, -0.2) is 0 Å². The van der Waals surface area contributed by atoms with Gasteiger partial charge in [-0.3, -0.25) is 4.90 Å². The summed E-state index contributed by atoms with van der Waals surface area (Å²) in [5.41, 5.74) is 5.64. The van der Waals surface area contributed by atoms with Crippen molar-refractivity contribution >= 4 is 0 Å². The van der Waals surface area contributed by atoms with Crippen molar-refractivity contribution in [3.8, 4) is 0 Å². The SMILES string of the molecule is CCC(CCN)N1CCCN(CCCC(F)(F)F)CC1. The van der Waals surface area contributed by atoms with Gasteiger partial charge in [-0.05, 0) is 51.9 Å². The molecule has 1 aliphatic rings. The maximum atomic E-state index is 12.1. The molecule has 0 radical (unpaired) electrons. The van der Waals surface area contributed by atoms with Crippen LogP contribution in [-0.2, 0) is 0 Å². The Morgan fingerprint density at radius 1 is 1.15 bits per heavy atom. The molecule has 6 heteroatoms. The molecule has 0 aromatic heterocycles. The highest BCUT2D eigenvalue weighted by Crippen LogP contribution is 2.21. The zero-order valence-electron chi connectivity index (χ0n) is 12.5. The lowest BCUT2D eigenvalue weighted by Gasteiger charge is -2.29. The van der Waals surface area contributed by atoms with Crippen molar-refractivity contribution in [1.29, 1.82) is 0 Å². The Morgan fingerprint density at radius 2 is 1.90 bits per heavy atom. The first-order chi connectivity index (χ1) is 9.46. The van der Waals surface area contributed by atoms with Crippen LogP contribution in [0.4, 0.5) is 13.2 Å². The lowest BCUT2D eigenvalue weighted by atomic mass is 10.1. The summed E-state index contributed by atoms with van der Waals surface area (Å²) >= 11 is 0. The molecule has 20 heavy (non-hydrogen) atoms. The van der Waals surface area contributed by atoms with Crippen molar-refractivity contribution in [2.24, 2.45) is 5.73 Å². The first-order valence-corrected chi connectivity index (χ1v) is 7.69. The Hall–Kier alpha value is -0.330. The molecule has 1 heterocycles. The predicted molar refractivity (Wildman–Crippen MR) is 75.7 cm³/mol. The summed E-state index contributed by atoms with van der Waals surface area (Å²) in [6.07, 6.45) is -1.35. The molecule has 0 aromatic carbocycles. The molecule has 0 saturated carbocycles. The van der Waals surface area contributed by atoms with E-state index in [1.165, 1.54) is 0 Å². The Morgan fingerprint density at radius 3 is 2.50 bits per heavy atom. The highest BCUT2D eigenvalue weighted by atomic mass is 19.4. The second kappa shape index (κ2) is 8.85. The zero-order chi connectivity index (χ0) is 15.0. The van der Waals surface area contributed by atoms with Crippen LogP contribution in [0.5, 0.6) is 0 Å². The quantitative estimate of drug-likeness (QED) is 0.783. The number of hydrogen-bond donors (Lipinski definition) is 1. The van der Waals surface area contributed by atoms with Gasteiger partial charge in [-0.15, -0.1) is 0 Å². The van der Waals surface area contributed by atoms with Gasteiger partial charge in [0, 0.05) is 25.6 Å². The van der Waals surface area contributed by atoms with Crippen LogP contribution in [-0.4, -0.2) is 61.3 Å². The van der Waals surface area contributed by atoms with Gasteiger partial charge in [-0.1, -0.05) is 6.92 Å². The fraction of sp³-hybridized carbons (Fsp3) is 1.00. The van der Waals surface area contributed by atoms with Crippen molar-refractivity contribution in [3.05, 3.63) is 0 Å². The first-order valence-electron chi connectivity index (χ1n) is 7.69. The Balaban J connectivity index is 2.31. The Kier molecular flexibility index (Phi) is 7.84. The number of nitrogens with zero attached hydrogens (tertiary/aromatic N) is 2. The van der Waals surface area contributed by atoms with Crippen LogP contribution in [0, 0.1) is 0 Å².